The zero-order valence-corrected chi connectivity index (χ0v) is 19.0. The normalized spacial score (nSPS) is 14.4. The fraction of sp³-hybridized carbons (Fsp3) is 0.688. The largest absolute Gasteiger partial charge is 0.468 e. The Morgan fingerprint density at radius 3 is 2.57 bits per heavy atom. The van der Waals surface area contributed by atoms with E-state index < -0.39 is 30.5 Å². The summed E-state index contributed by atoms with van der Waals surface area (Å²) in [7, 11) is -2.30. The average Bonchev–Trinajstić information content (AvgIpc) is 3.20. The molecule has 0 saturated carbocycles. The predicted octanol–water partition coefficient (Wildman–Crippen LogP) is 2.85. The number of halogens is 2. The van der Waals surface area contributed by atoms with Crippen LogP contribution in [-0.4, -0.2) is 60.1 Å². The second kappa shape index (κ2) is 14.0. The number of methoxy groups -OCH3 is 1. The Labute approximate surface area is 184 Å². The van der Waals surface area contributed by atoms with Gasteiger partial charge in [-0.2, -0.15) is 0 Å². The molecule has 1 heterocycles. The van der Waals surface area contributed by atoms with E-state index in [2.05, 4.69) is 9.82 Å². The molecule has 0 radical (unpaired) electrons. The summed E-state index contributed by atoms with van der Waals surface area (Å²) in [5.74, 6) is -0.362. The van der Waals surface area contributed by atoms with Gasteiger partial charge in [0.25, 0.3) is 0 Å². The van der Waals surface area contributed by atoms with Crippen LogP contribution in [0.25, 0.3) is 0 Å². The topological polar surface area (TPSA) is 150 Å². The first-order chi connectivity index (χ1) is 14.3. The molecule has 0 fully saturated rings. The number of hydrogen-bond acceptors (Lipinski definition) is 8. The summed E-state index contributed by atoms with van der Waals surface area (Å²) in [5, 5.41) is 13.6. The van der Waals surface area contributed by atoms with Crippen LogP contribution in [0.15, 0.2) is 16.5 Å². The van der Waals surface area contributed by atoms with Gasteiger partial charge in [-0.05, 0) is 18.9 Å². The summed E-state index contributed by atoms with van der Waals surface area (Å²) in [4.78, 5) is 21.4. The van der Waals surface area contributed by atoms with E-state index in [1.807, 2.05) is 0 Å². The minimum absolute atomic E-state index is 0.157. The van der Waals surface area contributed by atoms with Gasteiger partial charge in [-0.25, -0.2) is 9.76 Å². The Kier molecular flexibility index (Phi) is 12.5. The van der Waals surface area contributed by atoms with E-state index >= 15 is 0 Å². The molecule has 30 heavy (non-hydrogen) atoms. The number of alkyl halides is 2. The van der Waals surface area contributed by atoms with Gasteiger partial charge in [0.05, 0.1) is 13.2 Å². The molecule has 0 saturated heterocycles. The Balaban J connectivity index is 2.71. The van der Waals surface area contributed by atoms with E-state index in [0.717, 1.165) is 0 Å². The number of hydrogen-bond donors (Lipinski definition) is 2. The summed E-state index contributed by atoms with van der Waals surface area (Å²) in [6.07, 6.45) is 1.58. The second-order valence-electron chi connectivity index (χ2n) is 6.16. The summed E-state index contributed by atoms with van der Waals surface area (Å²) in [5.41, 5.74) is 5.69. The first-order valence-electron chi connectivity index (χ1n) is 9.21. The van der Waals surface area contributed by atoms with Crippen LogP contribution in [0.1, 0.15) is 25.0 Å². The summed E-state index contributed by atoms with van der Waals surface area (Å²) >= 11 is 11.6. The number of rotatable bonds is 16. The van der Waals surface area contributed by atoms with Crippen molar-refractivity contribution in [1.82, 2.24) is 9.76 Å². The summed E-state index contributed by atoms with van der Waals surface area (Å²) < 4.78 is 30.2. The molecule has 1 aromatic rings. The van der Waals surface area contributed by atoms with Crippen molar-refractivity contribution in [3.05, 3.63) is 28.0 Å². The molecule has 0 aliphatic rings. The zero-order chi connectivity index (χ0) is 22.6. The smallest absolute Gasteiger partial charge is 0.433 e. The van der Waals surface area contributed by atoms with E-state index in [1.165, 1.54) is 23.9 Å². The number of unbranched alkanes of at least 4 members (excludes halogenated alkanes) is 1. The van der Waals surface area contributed by atoms with Gasteiger partial charge in [-0.1, -0.05) is 6.42 Å². The monoisotopic (exact) mass is 488 g/mol. The number of nitrogens with zero attached hydrogens (tertiary/aromatic N) is 2. The SMILES string of the molecule is COC(=O)[C@@H](N)CCCCNP(=O)(OCc1ccc([N+](=O)[O-])o1)N(CCCl)CCCl. The maximum absolute atomic E-state index is 13.5. The average molecular weight is 489 g/mol. The molecular formula is C16H27Cl2N4O7P. The van der Waals surface area contributed by atoms with Crippen LogP contribution in [0.5, 0.6) is 0 Å². The van der Waals surface area contributed by atoms with Crippen LogP contribution in [-0.2, 0) is 25.2 Å². The Morgan fingerprint density at radius 2 is 2.03 bits per heavy atom. The van der Waals surface area contributed by atoms with Crippen LogP contribution in [0.4, 0.5) is 5.88 Å². The van der Waals surface area contributed by atoms with Gasteiger partial charge in [0, 0.05) is 31.4 Å². The molecule has 0 aliphatic carbocycles. The van der Waals surface area contributed by atoms with Crippen molar-refractivity contribution in [2.45, 2.75) is 31.9 Å². The lowest BCUT2D eigenvalue weighted by molar-refractivity contribution is -0.402. The summed E-state index contributed by atoms with van der Waals surface area (Å²) in [6, 6.07) is 1.86. The number of ether oxygens (including phenoxy) is 1. The van der Waals surface area contributed by atoms with Crippen LogP contribution < -0.4 is 10.8 Å². The van der Waals surface area contributed by atoms with Gasteiger partial charge in [-0.15, -0.1) is 23.2 Å². The molecule has 0 amide bonds. The number of esters is 1. The van der Waals surface area contributed by atoms with Gasteiger partial charge < -0.3 is 14.9 Å². The number of nitro groups is 1. The van der Waals surface area contributed by atoms with Crippen molar-refractivity contribution in [2.75, 3.05) is 38.5 Å². The third-order valence-electron chi connectivity index (χ3n) is 4.02. The van der Waals surface area contributed by atoms with Crippen molar-refractivity contribution in [3.8, 4) is 0 Å². The fourth-order valence-electron chi connectivity index (χ4n) is 2.47. The molecule has 14 heteroatoms. The fourth-order valence-corrected chi connectivity index (χ4v) is 5.04. The molecule has 0 bridgehead atoms. The van der Waals surface area contributed by atoms with Crippen LogP contribution in [0.2, 0.25) is 0 Å². The molecule has 1 rings (SSSR count). The number of furan rings is 1. The third-order valence-corrected chi connectivity index (χ3v) is 6.61. The number of carbonyl (C=O) groups excluding carboxylic acids is 1. The Bertz CT molecular complexity index is 716. The van der Waals surface area contributed by atoms with E-state index in [1.54, 1.807) is 0 Å². The van der Waals surface area contributed by atoms with E-state index in [4.69, 9.17) is 37.9 Å². The maximum atomic E-state index is 13.5. The first kappa shape index (κ1) is 26.8. The minimum atomic E-state index is -3.57. The van der Waals surface area contributed by atoms with Crippen LogP contribution in [0, 0.1) is 10.1 Å². The number of nitrogens with two attached hydrogens (primary N) is 1. The number of nitrogens with one attached hydrogen (secondary N) is 1. The maximum Gasteiger partial charge on any atom is 0.433 e. The van der Waals surface area contributed by atoms with E-state index in [-0.39, 0.29) is 37.2 Å². The molecular weight excluding hydrogens is 462 g/mol. The molecule has 0 spiro atoms. The van der Waals surface area contributed by atoms with Gasteiger partial charge in [0.15, 0.2) is 0 Å². The first-order valence-corrected chi connectivity index (χ1v) is 11.9. The lowest BCUT2D eigenvalue weighted by Gasteiger charge is -2.30. The van der Waals surface area contributed by atoms with Gasteiger partial charge >= 0.3 is 19.5 Å². The molecule has 172 valence electrons. The lowest BCUT2D eigenvalue weighted by Crippen LogP contribution is -2.33. The molecule has 1 unspecified atom stereocenters. The van der Waals surface area contributed by atoms with Crippen LogP contribution >= 0.6 is 30.9 Å². The Hall–Kier alpha value is -1.20. The standard InChI is InChI=1S/C16H27Cl2N4O7P/c1-27-16(23)14(19)4-2-3-9-20-30(26,21(10-7-17)11-8-18)28-12-13-5-6-15(29-13)22(24)25/h5-6,14H,2-4,7-12,19H2,1H3,(H,20,26)/t14-,30?/m0/s1. The van der Waals surface area contributed by atoms with Gasteiger partial charge in [0.1, 0.15) is 23.3 Å². The molecule has 0 aromatic carbocycles. The molecule has 1 aromatic heterocycles. The molecule has 0 aliphatic heterocycles. The van der Waals surface area contributed by atoms with Crippen molar-refractivity contribution < 1.29 is 28.0 Å². The van der Waals surface area contributed by atoms with Crippen molar-refractivity contribution >= 4 is 42.7 Å². The minimum Gasteiger partial charge on any atom is -0.468 e. The quantitative estimate of drug-likeness (QED) is 0.0886. The highest BCUT2D eigenvalue weighted by atomic mass is 35.5. The van der Waals surface area contributed by atoms with Crippen molar-refractivity contribution in [1.29, 1.82) is 0 Å². The summed E-state index contributed by atoms with van der Waals surface area (Å²) in [6.45, 7) is 0.574. The van der Waals surface area contributed by atoms with Gasteiger partial charge in [0.2, 0.25) is 0 Å². The van der Waals surface area contributed by atoms with E-state index in [0.29, 0.717) is 25.8 Å². The van der Waals surface area contributed by atoms with E-state index in [9.17, 15) is 19.5 Å². The second-order valence-corrected chi connectivity index (χ2v) is 9.09. The number of carbonyl (C=O) groups is 1. The predicted molar refractivity (Wildman–Crippen MR) is 113 cm³/mol. The lowest BCUT2D eigenvalue weighted by atomic mass is 10.1. The van der Waals surface area contributed by atoms with Crippen LogP contribution in [0.3, 0.4) is 0 Å². The Morgan fingerprint density at radius 1 is 1.37 bits per heavy atom. The highest BCUT2D eigenvalue weighted by molar-refractivity contribution is 7.54. The molecule has 3 N–H and O–H groups in total. The molecule has 11 nitrogen and oxygen atoms in total. The van der Waals surface area contributed by atoms with Crippen molar-refractivity contribution in [2.24, 2.45) is 5.73 Å². The van der Waals surface area contributed by atoms with Gasteiger partial charge in [-0.3, -0.25) is 24.0 Å². The third kappa shape index (κ3) is 8.89. The molecule has 2 atom stereocenters. The highest BCUT2D eigenvalue weighted by Crippen LogP contribution is 2.47. The zero-order valence-electron chi connectivity index (χ0n) is 16.6. The van der Waals surface area contributed by atoms with Crippen molar-refractivity contribution in [3.63, 3.8) is 0 Å². The highest BCUT2D eigenvalue weighted by Gasteiger charge is 2.31.